The minimum atomic E-state index is -0.164. The van der Waals surface area contributed by atoms with E-state index >= 15 is 0 Å². The van der Waals surface area contributed by atoms with Crippen LogP contribution in [0.15, 0.2) is 71.7 Å². The molecular weight excluding hydrogens is 310 g/mol. The monoisotopic (exact) mass is 329 g/mol. The molecule has 0 radical (unpaired) electrons. The van der Waals surface area contributed by atoms with E-state index in [0.717, 1.165) is 22.2 Å². The zero-order valence-electron chi connectivity index (χ0n) is 14.0. The number of amides is 2. The van der Waals surface area contributed by atoms with Crippen LogP contribution in [-0.2, 0) is 0 Å². The van der Waals surface area contributed by atoms with Crippen molar-refractivity contribution >= 4 is 28.8 Å². The van der Waals surface area contributed by atoms with Crippen LogP contribution in [-0.4, -0.2) is 23.8 Å². The van der Waals surface area contributed by atoms with Gasteiger partial charge in [-0.25, -0.2) is 4.79 Å². The Morgan fingerprint density at radius 3 is 2.64 bits per heavy atom. The van der Waals surface area contributed by atoms with Gasteiger partial charge < -0.3 is 5.32 Å². The van der Waals surface area contributed by atoms with Crippen molar-refractivity contribution in [2.75, 3.05) is 11.9 Å². The third-order valence-corrected chi connectivity index (χ3v) is 4.54. The number of aryl methyl sites for hydroxylation is 1. The molecule has 3 aromatic carbocycles. The van der Waals surface area contributed by atoms with Gasteiger partial charge in [0.05, 0.1) is 18.9 Å². The van der Waals surface area contributed by atoms with Gasteiger partial charge >= 0.3 is 6.03 Å². The summed E-state index contributed by atoms with van der Waals surface area (Å²) in [4.78, 5) is 18.8. The molecule has 0 saturated carbocycles. The lowest BCUT2D eigenvalue weighted by atomic mass is 9.98. The highest BCUT2D eigenvalue weighted by molar-refractivity contribution is 5.98. The van der Waals surface area contributed by atoms with E-state index in [2.05, 4.69) is 34.6 Å². The molecule has 4 rings (SSSR count). The number of anilines is 1. The molecule has 0 aliphatic carbocycles. The van der Waals surface area contributed by atoms with E-state index in [1.807, 2.05) is 49.4 Å². The largest absolute Gasteiger partial charge is 0.327 e. The number of nitrogens with one attached hydrogen (secondary N) is 1. The first kappa shape index (κ1) is 15.4. The second-order valence-corrected chi connectivity index (χ2v) is 6.27. The summed E-state index contributed by atoms with van der Waals surface area (Å²) in [6.45, 7) is 2.60. The van der Waals surface area contributed by atoms with Crippen molar-refractivity contribution in [3.63, 3.8) is 0 Å². The van der Waals surface area contributed by atoms with Crippen molar-refractivity contribution in [2.45, 2.75) is 13.0 Å². The topological polar surface area (TPSA) is 44.7 Å². The maximum Gasteiger partial charge on any atom is 0.327 e. The minimum Gasteiger partial charge on any atom is -0.308 e. The fraction of sp³-hybridized carbons (Fsp3) is 0.143. The van der Waals surface area contributed by atoms with E-state index in [1.54, 1.807) is 11.2 Å². The molecule has 3 aromatic rings. The zero-order chi connectivity index (χ0) is 17.2. The molecule has 4 heteroatoms. The number of carbonyl (C=O) groups excluding carboxylic acids is 1. The molecule has 124 valence electrons. The second kappa shape index (κ2) is 6.40. The Balaban J connectivity index is 1.62. The van der Waals surface area contributed by atoms with Crippen LogP contribution in [0.2, 0.25) is 0 Å². The third-order valence-electron chi connectivity index (χ3n) is 4.54. The maximum atomic E-state index is 12.7. The van der Waals surface area contributed by atoms with Crippen molar-refractivity contribution < 1.29 is 4.79 Å². The quantitative estimate of drug-likeness (QED) is 0.723. The van der Waals surface area contributed by atoms with Gasteiger partial charge in [0.15, 0.2) is 0 Å². The summed E-state index contributed by atoms with van der Waals surface area (Å²) < 4.78 is 0. The molecule has 4 nitrogen and oxygen atoms in total. The van der Waals surface area contributed by atoms with Crippen molar-refractivity contribution in [2.24, 2.45) is 4.99 Å². The van der Waals surface area contributed by atoms with Gasteiger partial charge in [-0.3, -0.25) is 9.89 Å². The minimum absolute atomic E-state index is 0.0865. The molecule has 25 heavy (non-hydrogen) atoms. The predicted molar refractivity (Wildman–Crippen MR) is 102 cm³/mol. The maximum absolute atomic E-state index is 12.7. The Bertz CT molecular complexity index is 942. The van der Waals surface area contributed by atoms with E-state index in [9.17, 15) is 4.79 Å². The molecule has 1 unspecified atom stereocenters. The van der Waals surface area contributed by atoms with E-state index in [1.165, 1.54) is 5.39 Å². The van der Waals surface area contributed by atoms with Gasteiger partial charge in [-0.2, -0.15) is 0 Å². The smallest absolute Gasteiger partial charge is 0.308 e. The first-order valence-corrected chi connectivity index (χ1v) is 8.36. The number of benzene rings is 3. The molecule has 1 aliphatic heterocycles. The number of hydrogen-bond acceptors (Lipinski definition) is 2. The molecule has 1 aliphatic rings. The summed E-state index contributed by atoms with van der Waals surface area (Å²) in [5.41, 5.74) is 3.07. The summed E-state index contributed by atoms with van der Waals surface area (Å²) in [5.74, 6) is 0. The van der Waals surface area contributed by atoms with Crippen molar-refractivity contribution in [3.8, 4) is 0 Å². The molecule has 0 saturated heterocycles. The summed E-state index contributed by atoms with van der Waals surface area (Å²) in [6.07, 6.45) is 1.63. The fourth-order valence-corrected chi connectivity index (χ4v) is 3.21. The Hall–Kier alpha value is -3.14. The fourth-order valence-electron chi connectivity index (χ4n) is 3.21. The Kier molecular flexibility index (Phi) is 3.94. The summed E-state index contributed by atoms with van der Waals surface area (Å²) in [5, 5.41) is 5.29. The van der Waals surface area contributed by atoms with E-state index in [4.69, 9.17) is 0 Å². The molecular formula is C21H19N3O. The highest BCUT2D eigenvalue weighted by atomic mass is 16.2. The van der Waals surface area contributed by atoms with Crippen LogP contribution in [0.5, 0.6) is 0 Å². The first-order chi connectivity index (χ1) is 12.2. The summed E-state index contributed by atoms with van der Waals surface area (Å²) in [6, 6.07) is 22.0. The average Bonchev–Trinajstić information content (AvgIpc) is 3.13. The van der Waals surface area contributed by atoms with Crippen molar-refractivity contribution in [3.05, 3.63) is 77.9 Å². The molecule has 0 spiro atoms. The highest BCUT2D eigenvalue weighted by Gasteiger charge is 2.28. The highest BCUT2D eigenvalue weighted by Crippen LogP contribution is 2.30. The van der Waals surface area contributed by atoms with Crippen molar-refractivity contribution in [1.29, 1.82) is 0 Å². The SMILES string of the molecule is Cc1ccc(NC(=O)N2C=NCC2c2cccc3ccccc23)cc1. The lowest BCUT2D eigenvalue weighted by Crippen LogP contribution is -2.35. The molecule has 0 bridgehead atoms. The molecule has 1 N–H and O–H groups in total. The number of rotatable bonds is 2. The Morgan fingerprint density at radius 1 is 1.04 bits per heavy atom. The molecule has 1 atom stereocenters. The van der Waals surface area contributed by atoms with Crippen LogP contribution in [0.25, 0.3) is 10.8 Å². The lowest BCUT2D eigenvalue weighted by Gasteiger charge is -2.24. The number of carbonyl (C=O) groups is 1. The van der Waals surface area contributed by atoms with E-state index < -0.39 is 0 Å². The van der Waals surface area contributed by atoms with Crippen LogP contribution in [0.3, 0.4) is 0 Å². The summed E-state index contributed by atoms with van der Waals surface area (Å²) >= 11 is 0. The van der Waals surface area contributed by atoms with Crippen LogP contribution in [0.1, 0.15) is 17.2 Å². The third kappa shape index (κ3) is 2.98. The Morgan fingerprint density at radius 2 is 1.80 bits per heavy atom. The van der Waals surface area contributed by atoms with Crippen molar-refractivity contribution in [1.82, 2.24) is 4.90 Å². The normalized spacial score (nSPS) is 16.4. The van der Waals surface area contributed by atoms with Gasteiger partial charge in [0.2, 0.25) is 0 Å². The van der Waals surface area contributed by atoms with Gasteiger partial charge in [0.25, 0.3) is 0 Å². The average molecular weight is 329 g/mol. The predicted octanol–water partition coefficient (Wildman–Crippen LogP) is 4.77. The van der Waals surface area contributed by atoms with Crippen LogP contribution in [0, 0.1) is 6.92 Å². The first-order valence-electron chi connectivity index (χ1n) is 8.36. The van der Waals surface area contributed by atoms with Gasteiger partial charge in [-0.1, -0.05) is 60.2 Å². The van der Waals surface area contributed by atoms with Crippen LogP contribution in [0.4, 0.5) is 10.5 Å². The number of urea groups is 1. The number of aliphatic imine (C=N–C) groups is 1. The van der Waals surface area contributed by atoms with Gasteiger partial charge in [-0.05, 0) is 35.4 Å². The van der Waals surface area contributed by atoms with Gasteiger partial charge in [0, 0.05) is 5.69 Å². The van der Waals surface area contributed by atoms with Gasteiger partial charge in [0.1, 0.15) is 0 Å². The van der Waals surface area contributed by atoms with Crippen LogP contribution >= 0.6 is 0 Å². The van der Waals surface area contributed by atoms with Crippen LogP contribution < -0.4 is 5.32 Å². The van der Waals surface area contributed by atoms with E-state index in [0.29, 0.717) is 6.54 Å². The van der Waals surface area contributed by atoms with Gasteiger partial charge in [-0.15, -0.1) is 0 Å². The Labute approximate surface area is 146 Å². The number of fused-ring (bicyclic) bond motifs is 1. The zero-order valence-corrected chi connectivity index (χ0v) is 14.0. The number of hydrogen-bond donors (Lipinski definition) is 1. The molecule has 0 fully saturated rings. The molecule has 2 amide bonds. The number of nitrogens with zero attached hydrogens (tertiary/aromatic N) is 2. The lowest BCUT2D eigenvalue weighted by molar-refractivity contribution is 0.228. The molecule has 0 aromatic heterocycles. The standard InChI is InChI=1S/C21H19N3O/c1-15-9-11-17(12-10-15)23-21(25)24-14-22-13-20(24)19-8-4-6-16-5-2-3-7-18(16)19/h2-12,14,20H,13H2,1H3,(H,23,25). The van der Waals surface area contributed by atoms with E-state index in [-0.39, 0.29) is 12.1 Å². The second-order valence-electron chi connectivity index (χ2n) is 6.27. The summed E-state index contributed by atoms with van der Waals surface area (Å²) in [7, 11) is 0. The molecule has 1 heterocycles.